The Morgan fingerprint density at radius 3 is 2.80 bits per heavy atom. The van der Waals surface area contributed by atoms with Crippen LogP contribution in [0.1, 0.15) is 13.9 Å². The van der Waals surface area contributed by atoms with Crippen molar-refractivity contribution < 1.29 is 19.6 Å². The molecule has 3 nitrogen and oxygen atoms in total. The van der Waals surface area contributed by atoms with Gasteiger partial charge in [-0.15, -0.1) is 8.78 Å². The molecule has 5 heteroatoms. The molecule has 0 radical (unpaired) electrons. The van der Waals surface area contributed by atoms with Crippen molar-refractivity contribution in [3.63, 3.8) is 0 Å². The summed E-state index contributed by atoms with van der Waals surface area (Å²) in [7, 11) is 0. The molecule has 1 aliphatic heterocycles. The lowest BCUT2D eigenvalue weighted by molar-refractivity contribution is -0.286. The highest BCUT2D eigenvalue weighted by molar-refractivity contribution is 5.45. The zero-order chi connectivity index (χ0) is 12.0. The molecule has 1 aliphatic rings. The van der Waals surface area contributed by atoms with Gasteiger partial charge in [-0.2, -0.15) is 0 Å². The highest BCUT2D eigenvalue weighted by atomic mass is 19.3. The lowest BCUT2D eigenvalue weighted by Crippen LogP contribution is -2.25. The lowest BCUT2D eigenvalue weighted by atomic mass is 10.1. The van der Waals surface area contributed by atoms with E-state index < -0.39 is 12.3 Å². The van der Waals surface area contributed by atoms with Crippen LogP contribution in [0.3, 0.4) is 0 Å². The van der Waals surface area contributed by atoms with Crippen LogP contribution in [0.15, 0.2) is 18.2 Å². The number of hydrogen-bond acceptors (Lipinski definition) is 3. The summed E-state index contributed by atoms with van der Waals surface area (Å²) in [6.45, 7) is 1.53. The molecule has 1 unspecified atom stereocenters. The van der Waals surface area contributed by atoms with E-state index in [1.54, 1.807) is 6.07 Å². The van der Waals surface area contributed by atoms with E-state index >= 15 is 0 Å². The number of ether oxygens (including phenoxy) is 2. The molecule has 15 heavy (non-hydrogen) atoms. The second-order valence-corrected chi connectivity index (χ2v) is 3.47. The highest BCUT2D eigenvalue weighted by Gasteiger charge is 2.43. The second kappa shape index (κ2) is 3.34. The smallest absolute Gasteiger partial charge is 0.395 e. The summed E-state index contributed by atoms with van der Waals surface area (Å²) in [4.78, 5) is 0. The number of benzene rings is 1. The van der Waals surface area contributed by atoms with Gasteiger partial charge in [-0.25, -0.2) is 0 Å². The van der Waals surface area contributed by atoms with E-state index in [2.05, 4.69) is 9.47 Å². The molecular formula is C10H11F2NO2. The Bertz CT molecular complexity index is 418. The molecule has 0 fully saturated rings. The molecule has 0 amide bonds. The molecule has 1 atom stereocenters. The molecule has 0 bridgehead atoms. The maximum absolute atomic E-state index is 12.7. The van der Waals surface area contributed by atoms with Crippen LogP contribution in [0.2, 0.25) is 0 Å². The van der Waals surface area contributed by atoms with Crippen LogP contribution in [0.5, 0.6) is 11.5 Å². The zero-order valence-electron chi connectivity index (χ0n) is 9.09. The molecule has 2 N–H and O–H groups in total. The van der Waals surface area contributed by atoms with E-state index in [-0.39, 0.29) is 17.9 Å². The first-order valence-electron chi connectivity index (χ1n) is 4.93. The van der Waals surface area contributed by atoms with Crippen molar-refractivity contribution in [2.24, 2.45) is 5.73 Å². The number of nitrogens with two attached hydrogens (primary N) is 1. The van der Waals surface area contributed by atoms with Crippen molar-refractivity contribution in [1.29, 1.82) is 0 Å². The van der Waals surface area contributed by atoms with Crippen LogP contribution in [0.25, 0.3) is 0 Å². The first kappa shape index (κ1) is 8.91. The minimum Gasteiger partial charge on any atom is -0.395 e. The molecule has 0 spiro atoms. The van der Waals surface area contributed by atoms with Gasteiger partial charge < -0.3 is 15.2 Å². The number of hydrogen-bond donors (Lipinski definition) is 1. The summed E-state index contributed by atoms with van der Waals surface area (Å²) in [6.07, 6.45) is -3.36. The molecular weight excluding hydrogens is 204 g/mol. The van der Waals surface area contributed by atoms with Gasteiger partial charge in [0, 0.05) is 7.39 Å². The minimum absolute atomic E-state index is 0.00236. The molecule has 1 heterocycles. The number of halogens is 2. The number of rotatable bonds is 2. The standard InChI is InChI=1S/C10H11F2NO2/c1-6(13)4-7-2-3-8-9(5-7)15-10(11,12)14-8/h2-3,5-6H,4,13H2,1H3/i6D. The van der Waals surface area contributed by atoms with Crippen molar-refractivity contribution in [3.8, 4) is 11.5 Å². The maximum Gasteiger partial charge on any atom is 0.586 e. The zero-order valence-corrected chi connectivity index (χ0v) is 8.09. The fourth-order valence-electron chi connectivity index (χ4n) is 1.43. The Kier molecular flexibility index (Phi) is 1.98. The molecule has 0 aliphatic carbocycles. The summed E-state index contributed by atoms with van der Waals surface area (Å²) in [5.74, 6) is -0.0239. The van der Waals surface area contributed by atoms with Gasteiger partial charge in [-0.3, -0.25) is 0 Å². The predicted molar refractivity (Wildman–Crippen MR) is 50.0 cm³/mol. The van der Waals surface area contributed by atoms with Gasteiger partial charge in [0.05, 0.1) is 0 Å². The molecule has 1 aromatic rings. The van der Waals surface area contributed by atoms with Crippen LogP contribution in [-0.2, 0) is 6.42 Å². The van der Waals surface area contributed by atoms with E-state index in [1.165, 1.54) is 19.1 Å². The van der Waals surface area contributed by atoms with Crippen LogP contribution >= 0.6 is 0 Å². The van der Waals surface area contributed by atoms with E-state index in [0.29, 0.717) is 5.56 Å². The third-order valence-electron chi connectivity index (χ3n) is 1.95. The molecule has 0 saturated carbocycles. The molecule has 82 valence electrons. The van der Waals surface area contributed by atoms with E-state index in [9.17, 15) is 8.78 Å². The van der Waals surface area contributed by atoms with Crippen LogP contribution in [0.4, 0.5) is 8.78 Å². The fraction of sp³-hybridized carbons (Fsp3) is 0.400. The van der Waals surface area contributed by atoms with E-state index in [4.69, 9.17) is 7.10 Å². The first-order valence-corrected chi connectivity index (χ1v) is 4.43. The Hall–Kier alpha value is -1.36. The van der Waals surface area contributed by atoms with Crippen molar-refractivity contribution in [3.05, 3.63) is 23.8 Å². The molecule has 0 saturated heterocycles. The summed E-state index contributed by atoms with van der Waals surface area (Å²) >= 11 is 0. The van der Waals surface area contributed by atoms with Crippen LogP contribution in [-0.4, -0.2) is 12.3 Å². The fourth-order valence-corrected chi connectivity index (χ4v) is 1.43. The average Bonchev–Trinajstić information content (AvgIpc) is 2.34. The third-order valence-corrected chi connectivity index (χ3v) is 1.95. The van der Waals surface area contributed by atoms with Crippen molar-refractivity contribution in [2.75, 3.05) is 0 Å². The Labute approximate surface area is 87.2 Å². The maximum atomic E-state index is 12.7. The SMILES string of the molecule is [2H]C(C)(N)Cc1ccc2c(c1)OC(F)(F)O2. The van der Waals surface area contributed by atoms with Gasteiger partial charge in [0.25, 0.3) is 0 Å². The van der Waals surface area contributed by atoms with Gasteiger partial charge in [0.15, 0.2) is 11.5 Å². The number of alkyl halides is 2. The van der Waals surface area contributed by atoms with Crippen LogP contribution < -0.4 is 15.2 Å². The van der Waals surface area contributed by atoms with Crippen molar-refractivity contribution in [2.45, 2.75) is 25.7 Å². The predicted octanol–water partition coefficient (Wildman–Crippen LogP) is 1.90. The van der Waals surface area contributed by atoms with Gasteiger partial charge in [-0.1, -0.05) is 6.07 Å². The molecule has 2 rings (SSSR count). The van der Waals surface area contributed by atoms with Crippen molar-refractivity contribution in [1.82, 2.24) is 0 Å². The van der Waals surface area contributed by atoms with Gasteiger partial charge in [-0.05, 0) is 31.0 Å². The monoisotopic (exact) mass is 216 g/mol. The Balaban J connectivity index is 2.23. The lowest BCUT2D eigenvalue weighted by Gasteiger charge is -2.05. The van der Waals surface area contributed by atoms with E-state index in [1.807, 2.05) is 0 Å². The van der Waals surface area contributed by atoms with Crippen molar-refractivity contribution >= 4 is 0 Å². The Morgan fingerprint density at radius 2 is 2.13 bits per heavy atom. The second-order valence-electron chi connectivity index (χ2n) is 3.47. The van der Waals surface area contributed by atoms with E-state index in [0.717, 1.165) is 0 Å². The minimum atomic E-state index is -3.60. The summed E-state index contributed by atoms with van der Waals surface area (Å²) in [6, 6.07) is 3.24. The molecule has 1 aromatic carbocycles. The summed E-state index contributed by atoms with van der Waals surface area (Å²) < 4.78 is 41.4. The highest BCUT2D eigenvalue weighted by Crippen LogP contribution is 2.41. The van der Waals surface area contributed by atoms with Gasteiger partial charge >= 0.3 is 6.29 Å². The summed E-state index contributed by atoms with van der Waals surface area (Å²) in [5, 5.41) is 0. The largest absolute Gasteiger partial charge is 0.586 e. The number of fused-ring (bicyclic) bond motifs is 1. The topological polar surface area (TPSA) is 44.5 Å². The average molecular weight is 216 g/mol. The Morgan fingerprint density at radius 1 is 1.47 bits per heavy atom. The van der Waals surface area contributed by atoms with Crippen LogP contribution in [0, 0.1) is 0 Å². The third kappa shape index (κ3) is 2.18. The quantitative estimate of drug-likeness (QED) is 0.821. The van der Waals surface area contributed by atoms with Gasteiger partial charge in [0.1, 0.15) is 0 Å². The van der Waals surface area contributed by atoms with Gasteiger partial charge in [0.2, 0.25) is 0 Å². The first-order chi connectivity index (χ1) is 7.25. The summed E-state index contributed by atoms with van der Waals surface area (Å²) in [5.41, 5.74) is 6.17. The normalized spacial score (nSPS) is 22.0. The molecule has 0 aromatic heterocycles.